The number of para-hydroxylation sites is 4. The summed E-state index contributed by atoms with van der Waals surface area (Å²) < 4.78 is 8.96. The minimum atomic E-state index is 0.121. The third-order valence-corrected chi connectivity index (χ3v) is 14.0. The van der Waals surface area contributed by atoms with Crippen molar-refractivity contribution in [2.75, 3.05) is 9.80 Å². The van der Waals surface area contributed by atoms with Crippen molar-refractivity contribution in [3.63, 3.8) is 0 Å². The highest BCUT2D eigenvalue weighted by atomic mass is 16.5. The molecule has 4 unspecified atom stereocenters. The Hall–Kier alpha value is -7.56. The molecule has 4 aliphatic rings. The van der Waals surface area contributed by atoms with Crippen LogP contribution in [0.15, 0.2) is 200 Å². The Balaban J connectivity index is 0.991. The molecule has 4 heterocycles. The molecular weight excluding hydrogens is 755 g/mol. The Kier molecular flexibility index (Phi) is 7.65. The number of hydrogen-bond donors (Lipinski definition) is 0. The van der Waals surface area contributed by atoms with E-state index in [4.69, 9.17) is 4.74 Å². The van der Waals surface area contributed by atoms with E-state index in [-0.39, 0.29) is 18.1 Å². The lowest BCUT2D eigenvalue weighted by molar-refractivity contribution is 0.232. The van der Waals surface area contributed by atoms with Crippen molar-refractivity contribution in [3.8, 4) is 33.7 Å². The zero-order chi connectivity index (χ0) is 41.1. The first-order chi connectivity index (χ1) is 30.6. The van der Waals surface area contributed by atoms with Gasteiger partial charge in [-0.1, -0.05) is 128 Å². The predicted octanol–water partition coefficient (Wildman–Crippen LogP) is 15.0. The van der Waals surface area contributed by atoms with Crippen LogP contribution in [-0.2, 0) is 0 Å². The summed E-state index contributed by atoms with van der Waals surface area (Å²) >= 11 is 0. The Morgan fingerprint density at radius 1 is 0.484 bits per heavy atom. The fourth-order valence-corrected chi connectivity index (χ4v) is 10.9. The smallest absolute Gasteiger partial charge is 0.125 e. The molecule has 0 fully saturated rings. The average Bonchev–Trinajstić information content (AvgIpc) is 3.91. The van der Waals surface area contributed by atoms with Crippen LogP contribution in [0, 0.1) is 0 Å². The van der Waals surface area contributed by atoms with E-state index >= 15 is 0 Å². The molecule has 3 aliphatic heterocycles. The van der Waals surface area contributed by atoms with Crippen LogP contribution in [0.25, 0.3) is 55.3 Å². The zero-order valence-corrected chi connectivity index (χ0v) is 34.6. The fourth-order valence-electron chi connectivity index (χ4n) is 10.9. The number of ether oxygens (including phenoxy) is 1. The van der Waals surface area contributed by atoms with E-state index in [1.54, 1.807) is 0 Å². The van der Waals surface area contributed by atoms with Gasteiger partial charge in [0.2, 0.25) is 0 Å². The van der Waals surface area contributed by atoms with Crippen LogP contribution in [0.1, 0.15) is 42.4 Å². The Bertz CT molecular complexity index is 3340. The molecule has 13 rings (SSSR count). The predicted molar refractivity (Wildman–Crippen MR) is 257 cm³/mol. The summed E-state index contributed by atoms with van der Waals surface area (Å²) in [5.41, 5.74) is 19.5. The number of hydrogen-bond acceptors (Lipinski definition) is 3. The minimum absolute atomic E-state index is 0.121. The molecule has 0 saturated heterocycles. The second-order valence-electron chi connectivity index (χ2n) is 17.3. The van der Waals surface area contributed by atoms with E-state index in [2.05, 4.69) is 228 Å². The highest BCUT2D eigenvalue weighted by Gasteiger charge is 2.40. The van der Waals surface area contributed by atoms with E-state index in [0.29, 0.717) is 5.92 Å². The maximum atomic E-state index is 6.57. The van der Waals surface area contributed by atoms with Crippen molar-refractivity contribution in [1.29, 1.82) is 0 Å². The molecule has 0 amide bonds. The van der Waals surface area contributed by atoms with Gasteiger partial charge < -0.3 is 19.1 Å². The van der Waals surface area contributed by atoms with Gasteiger partial charge in [0.15, 0.2) is 0 Å². The second-order valence-corrected chi connectivity index (χ2v) is 17.3. The number of rotatable bonds is 4. The molecule has 8 aromatic carbocycles. The third-order valence-electron chi connectivity index (χ3n) is 14.0. The summed E-state index contributed by atoms with van der Waals surface area (Å²) in [5.74, 6) is 1.41. The second kappa shape index (κ2) is 13.5. The number of nitrogens with zero attached hydrogens (tertiary/aromatic N) is 3. The zero-order valence-electron chi connectivity index (χ0n) is 34.6. The molecule has 0 radical (unpaired) electrons. The average molecular weight is 798 g/mol. The lowest BCUT2D eigenvalue weighted by atomic mass is 9.85. The number of anilines is 5. The standard InChI is InChI=1S/C58H43N3O/c1-36-37(2)62-58-35-57-51(34-47(36)58)44-20-10-9-19-43(44)45-21-11-13-23-52(45)61(57)42-27-30-56-50(33-42)49-32-39(26-29-55(49)60(56)41-17-7-4-8-18-41)38-25-28-54-48(31-38)46-22-12-14-24-53(46)59(54)40-15-5-3-6-16-40/h3-37,49,55H,1-2H3. The Morgan fingerprint density at radius 3 is 2.00 bits per heavy atom. The van der Waals surface area contributed by atoms with Crippen LogP contribution >= 0.6 is 0 Å². The number of allylic oxidation sites excluding steroid dienone is 2. The van der Waals surface area contributed by atoms with Gasteiger partial charge in [0.05, 0.1) is 28.5 Å². The van der Waals surface area contributed by atoms with Gasteiger partial charge in [0, 0.05) is 68.1 Å². The summed E-state index contributed by atoms with van der Waals surface area (Å²) in [6.07, 6.45) is 7.43. The van der Waals surface area contributed by atoms with Crippen LogP contribution in [0.4, 0.5) is 28.4 Å². The summed E-state index contributed by atoms with van der Waals surface area (Å²) in [6.45, 7) is 4.47. The largest absolute Gasteiger partial charge is 0.490 e. The maximum absolute atomic E-state index is 6.57. The van der Waals surface area contributed by atoms with Crippen molar-refractivity contribution in [2.24, 2.45) is 0 Å². The summed E-state index contributed by atoms with van der Waals surface area (Å²) in [4.78, 5) is 5.02. The Morgan fingerprint density at radius 2 is 1.18 bits per heavy atom. The molecule has 0 saturated carbocycles. The summed E-state index contributed by atoms with van der Waals surface area (Å²) in [7, 11) is 0. The van der Waals surface area contributed by atoms with E-state index < -0.39 is 0 Å². The van der Waals surface area contributed by atoms with Crippen LogP contribution in [0.3, 0.4) is 0 Å². The van der Waals surface area contributed by atoms with Gasteiger partial charge in [0.25, 0.3) is 0 Å². The van der Waals surface area contributed by atoms with Gasteiger partial charge in [-0.05, 0) is 108 Å². The molecule has 1 aliphatic carbocycles. The molecule has 4 heteroatoms. The highest BCUT2D eigenvalue weighted by molar-refractivity contribution is 6.10. The van der Waals surface area contributed by atoms with Crippen molar-refractivity contribution >= 4 is 55.8 Å². The minimum Gasteiger partial charge on any atom is -0.490 e. The first-order valence-electron chi connectivity index (χ1n) is 21.9. The monoisotopic (exact) mass is 797 g/mol. The Labute approximate surface area is 361 Å². The van der Waals surface area contributed by atoms with Gasteiger partial charge in [0.1, 0.15) is 11.9 Å². The molecule has 4 atom stereocenters. The number of benzene rings is 8. The molecule has 62 heavy (non-hydrogen) atoms. The molecule has 296 valence electrons. The van der Waals surface area contributed by atoms with Gasteiger partial charge >= 0.3 is 0 Å². The number of aromatic nitrogens is 1. The SMILES string of the molecule is CC1Oc2cc3c(cc2C1C)-c1ccccc1-c1ccccc1N3c1ccc2c(c1)C1C=C(c3ccc4c(c3)c3ccccc3n4-c3ccccc3)C=CC1N2c1ccccc1. The molecule has 9 aromatic rings. The normalized spacial score (nSPS) is 19.2. The van der Waals surface area contributed by atoms with E-state index in [1.807, 2.05) is 0 Å². The van der Waals surface area contributed by atoms with Crippen molar-refractivity contribution in [2.45, 2.75) is 37.8 Å². The molecule has 0 bridgehead atoms. The summed E-state index contributed by atoms with van der Waals surface area (Å²) in [6, 6.07) is 67.2. The number of fused-ring (bicyclic) bond motifs is 12. The van der Waals surface area contributed by atoms with E-state index in [0.717, 1.165) is 22.8 Å². The van der Waals surface area contributed by atoms with Crippen molar-refractivity contribution in [1.82, 2.24) is 4.57 Å². The molecule has 1 aromatic heterocycles. The maximum Gasteiger partial charge on any atom is 0.125 e. The lowest BCUT2D eigenvalue weighted by Crippen LogP contribution is -2.28. The van der Waals surface area contributed by atoms with Crippen molar-refractivity contribution < 1.29 is 4.74 Å². The topological polar surface area (TPSA) is 20.6 Å². The quantitative estimate of drug-likeness (QED) is 0.177. The molecule has 0 N–H and O–H groups in total. The van der Waals surface area contributed by atoms with Crippen molar-refractivity contribution in [3.05, 3.63) is 217 Å². The first-order valence-corrected chi connectivity index (χ1v) is 21.9. The highest BCUT2D eigenvalue weighted by Crippen LogP contribution is 2.56. The van der Waals surface area contributed by atoms with Gasteiger partial charge in [-0.25, -0.2) is 0 Å². The lowest BCUT2D eigenvalue weighted by Gasteiger charge is -2.30. The molecule has 0 spiro atoms. The van der Waals surface area contributed by atoms with Crippen LogP contribution in [0.5, 0.6) is 5.75 Å². The molecule has 4 nitrogen and oxygen atoms in total. The first kappa shape index (κ1) is 35.2. The van der Waals surface area contributed by atoms with Crippen LogP contribution < -0.4 is 14.5 Å². The molecular formula is C58H43N3O. The summed E-state index contributed by atoms with van der Waals surface area (Å²) in [5, 5.41) is 2.52. The van der Waals surface area contributed by atoms with Crippen LogP contribution in [-0.4, -0.2) is 16.7 Å². The van der Waals surface area contributed by atoms with Gasteiger partial charge in [-0.2, -0.15) is 0 Å². The van der Waals surface area contributed by atoms with E-state index in [1.165, 1.54) is 83.4 Å². The van der Waals surface area contributed by atoms with Crippen LogP contribution in [0.2, 0.25) is 0 Å². The fraction of sp³-hybridized carbons (Fsp3) is 0.103. The van der Waals surface area contributed by atoms with Gasteiger partial charge in [-0.3, -0.25) is 0 Å². The van der Waals surface area contributed by atoms with E-state index in [9.17, 15) is 0 Å². The van der Waals surface area contributed by atoms with Gasteiger partial charge in [-0.15, -0.1) is 0 Å². The third kappa shape index (κ3) is 5.13.